The quantitative estimate of drug-likeness (QED) is 0.343. The molecule has 1 aliphatic rings. The molecule has 0 unspecified atom stereocenters. The maximum atomic E-state index is 13.1. The average Bonchev–Trinajstić information content (AvgIpc) is 3.60. The van der Waals surface area contributed by atoms with Gasteiger partial charge in [-0.2, -0.15) is 4.68 Å². The van der Waals surface area contributed by atoms with E-state index in [9.17, 15) is 4.79 Å². The van der Waals surface area contributed by atoms with Gasteiger partial charge in [0.25, 0.3) is 5.91 Å². The molecule has 7 nitrogen and oxygen atoms in total. The van der Waals surface area contributed by atoms with Crippen LogP contribution in [0, 0.1) is 0 Å². The first-order chi connectivity index (χ1) is 17.3. The van der Waals surface area contributed by atoms with Gasteiger partial charge in [-0.1, -0.05) is 42.5 Å². The topological polar surface area (TPSA) is 75.9 Å². The Labute approximate surface area is 209 Å². The van der Waals surface area contributed by atoms with Crippen LogP contribution in [0.5, 0.6) is 0 Å². The highest BCUT2D eigenvalue weighted by atomic mass is 32.2. The number of anilines is 1. The molecule has 0 bridgehead atoms. The first-order valence-corrected chi connectivity index (χ1v) is 12.9. The number of hydrogen-bond donors (Lipinski definition) is 1. The number of tetrazole rings is 1. The molecular weight excluding hydrogens is 456 g/mol. The Morgan fingerprint density at radius 1 is 0.914 bits per heavy atom. The summed E-state index contributed by atoms with van der Waals surface area (Å²) in [6.45, 7) is 3.53. The Kier molecular flexibility index (Phi) is 7.50. The maximum Gasteiger partial charge on any atom is 0.256 e. The SMILES string of the molecule is O=C(Nc1ccc(CCN2CCCC2)cc1)c1ccccc1SCc1nnnn1-c1ccccc1. The third kappa shape index (κ3) is 5.96. The van der Waals surface area contributed by atoms with Crippen molar-refractivity contribution in [2.45, 2.75) is 29.9 Å². The molecule has 1 aliphatic heterocycles. The van der Waals surface area contributed by atoms with Gasteiger partial charge in [0.1, 0.15) is 0 Å². The smallest absolute Gasteiger partial charge is 0.256 e. The molecule has 2 heterocycles. The second-order valence-corrected chi connectivity index (χ2v) is 9.59. The molecule has 35 heavy (non-hydrogen) atoms. The van der Waals surface area contributed by atoms with E-state index >= 15 is 0 Å². The van der Waals surface area contributed by atoms with Crippen molar-refractivity contribution < 1.29 is 4.79 Å². The molecule has 3 aromatic carbocycles. The van der Waals surface area contributed by atoms with E-state index in [1.807, 2.05) is 66.7 Å². The minimum absolute atomic E-state index is 0.124. The molecule has 0 atom stereocenters. The van der Waals surface area contributed by atoms with Gasteiger partial charge in [0.05, 0.1) is 17.0 Å². The Morgan fingerprint density at radius 2 is 1.66 bits per heavy atom. The summed E-state index contributed by atoms with van der Waals surface area (Å²) in [7, 11) is 0. The van der Waals surface area contributed by atoms with Crippen LogP contribution in [0.3, 0.4) is 0 Å². The largest absolute Gasteiger partial charge is 0.322 e. The number of carbonyl (C=O) groups excluding carboxylic acids is 1. The van der Waals surface area contributed by atoms with E-state index in [1.165, 1.54) is 31.5 Å². The second-order valence-electron chi connectivity index (χ2n) is 8.58. The van der Waals surface area contributed by atoms with Gasteiger partial charge in [-0.25, -0.2) is 0 Å². The summed E-state index contributed by atoms with van der Waals surface area (Å²) in [5.41, 5.74) is 3.63. The Balaban J connectivity index is 1.21. The molecule has 0 spiro atoms. The summed E-state index contributed by atoms with van der Waals surface area (Å²) < 4.78 is 1.72. The zero-order valence-corrected chi connectivity index (χ0v) is 20.3. The minimum Gasteiger partial charge on any atom is -0.322 e. The number of nitrogens with one attached hydrogen (secondary N) is 1. The predicted molar refractivity (Wildman–Crippen MR) is 139 cm³/mol. The zero-order chi connectivity index (χ0) is 23.9. The van der Waals surface area contributed by atoms with E-state index in [0.29, 0.717) is 11.3 Å². The molecule has 5 rings (SSSR count). The number of aromatic nitrogens is 4. The lowest BCUT2D eigenvalue weighted by Crippen LogP contribution is -2.21. The number of carbonyl (C=O) groups is 1. The number of amides is 1. The van der Waals surface area contributed by atoms with Gasteiger partial charge < -0.3 is 10.2 Å². The monoisotopic (exact) mass is 484 g/mol. The van der Waals surface area contributed by atoms with E-state index in [0.717, 1.165) is 35.1 Å². The number of para-hydroxylation sites is 1. The van der Waals surface area contributed by atoms with Gasteiger partial charge in [0.2, 0.25) is 0 Å². The highest BCUT2D eigenvalue weighted by molar-refractivity contribution is 7.98. The molecule has 4 aromatic rings. The van der Waals surface area contributed by atoms with Crippen molar-refractivity contribution in [3.63, 3.8) is 0 Å². The van der Waals surface area contributed by atoms with Crippen molar-refractivity contribution in [3.05, 3.63) is 95.8 Å². The van der Waals surface area contributed by atoms with Crippen LogP contribution in [-0.4, -0.2) is 50.6 Å². The summed E-state index contributed by atoms with van der Waals surface area (Å²) in [5.74, 6) is 1.14. The van der Waals surface area contributed by atoms with Crippen LogP contribution in [0.2, 0.25) is 0 Å². The van der Waals surface area contributed by atoms with Crippen LogP contribution in [0.25, 0.3) is 5.69 Å². The fraction of sp³-hybridized carbons (Fsp3) is 0.259. The number of hydrogen-bond acceptors (Lipinski definition) is 6. The van der Waals surface area contributed by atoms with Crippen LogP contribution in [0.1, 0.15) is 34.6 Å². The van der Waals surface area contributed by atoms with Gasteiger partial charge in [-0.05, 0) is 84.7 Å². The average molecular weight is 485 g/mol. The highest BCUT2D eigenvalue weighted by Crippen LogP contribution is 2.27. The van der Waals surface area contributed by atoms with Crippen LogP contribution in [-0.2, 0) is 12.2 Å². The summed E-state index contributed by atoms with van der Waals surface area (Å²) >= 11 is 1.54. The molecule has 178 valence electrons. The molecule has 1 amide bonds. The van der Waals surface area contributed by atoms with E-state index in [1.54, 1.807) is 16.4 Å². The van der Waals surface area contributed by atoms with E-state index in [2.05, 4.69) is 37.9 Å². The first-order valence-electron chi connectivity index (χ1n) is 11.9. The molecule has 1 N–H and O–H groups in total. The van der Waals surface area contributed by atoms with Crippen molar-refractivity contribution in [1.82, 2.24) is 25.1 Å². The molecule has 0 saturated carbocycles. The summed E-state index contributed by atoms with van der Waals surface area (Å²) in [4.78, 5) is 16.5. The lowest BCUT2D eigenvalue weighted by atomic mass is 10.1. The molecule has 0 aliphatic carbocycles. The number of benzene rings is 3. The van der Waals surface area contributed by atoms with Gasteiger partial charge in [0, 0.05) is 17.1 Å². The summed E-state index contributed by atoms with van der Waals surface area (Å²) in [6, 6.07) is 25.6. The molecule has 1 fully saturated rings. The summed E-state index contributed by atoms with van der Waals surface area (Å²) in [6.07, 6.45) is 3.67. The number of rotatable bonds is 9. The third-order valence-corrected chi connectivity index (χ3v) is 7.22. The van der Waals surface area contributed by atoms with Crippen LogP contribution in [0.15, 0.2) is 83.8 Å². The Hall–Kier alpha value is -3.49. The fourth-order valence-electron chi connectivity index (χ4n) is 4.23. The van der Waals surface area contributed by atoms with E-state index in [-0.39, 0.29) is 5.91 Å². The number of nitrogens with zero attached hydrogens (tertiary/aromatic N) is 5. The zero-order valence-electron chi connectivity index (χ0n) is 19.5. The number of likely N-dealkylation sites (tertiary alicyclic amines) is 1. The molecule has 1 aromatic heterocycles. The normalized spacial score (nSPS) is 13.7. The second kappa shape index (κ2) is 11.3. The van der Waals surface area contributed by atoms with Crippen molar-refractivity contribution in [3.8, 4) is 5.69 Å². The van der Waals surface area contributed by atoms with Gasteiger partial charge in [-0.3, -0.25) is 4.79 Å². The highest BCUT2D eigenvalue weighted by Gasteiger charge is 2.15. The summed E-state index contributed by atoms with van der Waals surface area (Å²) in [5, 5.41) is 15.2. The van der Waals surface area contributed by atoms with Crippen LogP contribution in [0.4, 0.5) is 5.69 Å². The first kappa shape index (κ1) is 23.3. The van der Waals surface area contributed by atoms with Gasteiger partial charge in [-0.15, -0.1) is 16.9 Å². The maximum absolute atomic E-state index is 13.1. The van der Waals surface area contributed by atoms with Gasteiger partial charge >= 0.3 is 0 Å². The standard InChI is InChI=1S/C27H28N6OS/c34-27(28-22-14-12-21(13-15-22)16-19-32-17-6-7-18-32)24-10-4-5-11-25(24)35-20-26-29-30-31-33(26)23-8-2-1-3-9-23/h1-5,8-15H,6-7,16-20H2,(H,28,34). The van der Waals surface area contributed by atoms with Crippen molar-refractivity contribution in [2.24, 2.45) is 0 Å². The van der Waals surface area contributed by atoms with E-state index in [4.69, 9.17) is 0 Å². The fourth-order valence-corrected chi connectivity index (χ4v) is 5.19. The molecule has 0 radical (unpaired) electrons. The minimum atomic E-state index is -0.124. The van der Waals surface area contributed by atoms with Gasteiger partial charge in [0.15, 0.2) is 5.82 Å². The van der Waals surface area contributed by atoms with Crippen LogP contribution < -0.4 is 5.32 Å². The third-order valence-electron chi connectivity index (χ3n) is 6.15. The lowest BCUT2D eigenvalue weighted by Gasteiger charge is -2.14. The Bertz CT molecular complexity index is 1250. The predicted octanol–water partition coefficient (Wildman–Crippen LogP) is 4.85. The molecule has 8 heteroatoms. The van der Waals surface area contributed by atoms with Crippen LogP contribution >= 0.6 is 11.8 Å². The molecule has 1 saturated heterocycles. The van der Waals surface area contributed by atoms with E-state index < -0.39 is 0 Å². The van der Waals surface area contributed by atoms with Crippen molar-refractivity contribution in [2.75, 3.05) is 25.0 Å². The Morgan fingerprint density at radius 3 is 2.46 bits per heavy atom. The van der Waals surface area contributed by atoms with Crippen molar-refractivity contribution in [1.29, 1.82) is 0 Å². The number of thioether (sulfide) groups is 1. The lowest BCUT2D eigenvalue weighted by molar-refractivity contribution is 0.102. The molecular formula is C27H28N6OS. The van der Waals surface area contributed by atoms with Crippen molar-refractivity contribution >= 4 is 23.4 Å².